The molecule has 134 valence electrons. The van der Waals surface area contributed by atoms with Crippen LogP contribution < -0.4 is 5.32 Å². The molecule has 2 rings (SSSR count). The maximum atomic E-state index is 13.5. The summed E-state index contributed by atoms with van der Waals surface area (Å²) in [5, 5.41) is 13.5. The van der Waals surface area contributed by atoms with Gasteiger partial charge in [-0.05, 0) is 30.9 Å². The highest BCUT2D eigenvalue weighted by molar-refractivity contribution is 5.74. The van der Waals surface area contributed by atoms with Gasteiger partial charge in [-0.15, -0.1) is 0 Å². The molecule has 1 saturated heterocycles. The number of nitrogens with zero attached hydrogens (tertiary/aromatic N) is 1. The second kappa shape index (κ2) is 8.44. The smallest absolute Gasteiger partial charge is 0.317 e. The SMILES string of the molecule is COCC[C@]1(O)CCN(C(=O)NCCc2ccccc2F)C[C@H]1C. The van der Waals surface area contributed by atoms with Crippen LogP contribution in [0, 0.1) is 11.7 Å². The minimum atomic E-state index is -0.778. The summed E-state index contributed by atoms with van der Waals surface area (Å²) in [6.07, 6.45) is 1.57. The number of hydrogen-bond donors (Lipinski definition) is 2. The minimum absolute atomic E-state index is 0.0151. The van der Waals surface area contributed by atoms with Crippen molar-refractivity contribution in [3.05, 3.63) is 35.6 Å². The molecule has 0 bridgehead atoms. The largest absolute Gasteiger partial charge is 0.389 e. The molecule has 0 unspecified atom stereocenters. The summed E-state index contributed by atoms with van der Waals surface area (Å²) < 4.78 is 18.6. The number of hydrogen-bond acceptors (Lipinski definition) is 3. The van der Waals surface area contributed by atoms with E-state index < -0.39 is 5.60 Å². The van der Waals surface area contributed by atoms with Crippen LogP contribution in [0.15, 0.2) is 24.3 Å². The summed E-state index contributed by atoms with van der Waals surface area (Å²) in [4.78, 5) is 14.0. The Morgan fingerprint density at radius 3 is 2.92 bits per heavy atom. The highest BCUT2D eigenvalue weighted by atomic mass is 19.1. The number of carbonyl (C=O) groups excluding carboxylic acids is 1. The molecule has 0 spiro atoms. The lowest BCUT2D eigenvalue weighted by atomic mass is 9.80. The molecule has 2 amide bonds. The van der Waals surface area contributed by atoms with Crippen molar-refractivity contribution in [2.24, 2.45) is 5.92 Å². The van der Waals surface area contributed by atoms with E-state index in [9.17, 15) is 14.3 Å². The van der Waals surface area contributed by atoms with Crippen molar-refractivity contribution >= 4 is 6.03 Å². The molecule has 5 nitrogen and oxygen atoms in total. The fraction of sp³-hybridized carbons (Fsp3) is 0.611. The molecule has 0 saturated carbocycles. The number of benzene rings is 1. The predicted molar refractivity (Wildman–Crippen MR) is 90.3 cm³/mol. The second-order valence-corrected chi connectivity index (χ2v) is 6.52. The molecule has 6 heteroatoms. The van der Waals surface area contributed by atoms with Crippen molar-refractivity contribution in [3.8, 4) is 0 Å². The van der Waals surface area contributed by atoms with E-state index in [-0.39, 0.29) is 17.8 Å². The quantitative estimate of drug-likeness (QED) is 0.836. The minimum Gasteiger partial charge on any atom is -0.389 e. The second-order valence-electron chi connectivity index (χ2n) is 6.52. The highest BCUT2D eigenvalue weighted by Gasteiger charge is 2.39. The fourth-order valence-corrected chi connectivity index (χ4v) is 3.12. The van der Waals surface area contributed by atoms with Gasteiger partial charge >= 0.3 is 6.03 Å². The number of amides is 2. The van der Waals surface area contributed by atoms with Crippen LogP contribution in [-0.4, -0.2) is 55.0 Å². The maximum absolute atomic E-state index is 13.5. The Morgan fingerprint density at radius 2 is 2.25 bits per heavy atom. The molecule has 24 heavy (non-hydrogen) atoms. The summed E-state index contributed by atoms with van der Waals surface area (Å²) in [5.74, 6) is -0.264. The molecule has 1 aromatic carbocycles. The Morgan fingerprint density at radius 1 is 1.50 bits per heavy atom. The highest BCUT2D eigenvalue weighted by Crippen LogP contribution is 2.30. The van der Waals surface area contributed by atoms with E-state index in [1.54, 1.807) is 30.2 Å². The average Bonchev–Trinajstić information content (AvgIpc) is 2.57. The third-order valence-electron chi connectivity index (χ3n) is 4.88. The molecule has 0 aromatic heterocycles. The zero-order valence-corrected chi connectivity index (χ0v) is 14.4. The molecule has 0 radical (unpaired) electrons. The van der Waals surface area contributed by atoms with E-state index in [1.165, 1.54) is 6.07 Å². The first-order chi connectivity index (χ1) is 11.5. The van der Waals surface area contributed by atoms with Crippen LogP contribution in [0.2, 0.25) is 0 Å². The Bertz CT molecular complexity index is 555. The van der Waals surface area contributed by atoms with Crippen LogP contribution in [0.1, 0.15) is 25.3 Å². The zero-order chi connectivity index (χ0) is 17.6. The normalized spacial score (nSPS) is 24.0. The number of rotatable bonds is 6. The van der Waals surface area contributed by atoms with Gasteiger partial charge < -0.3 is 20.1 Å². The van der Waals surface area contributed by atoms with Gasteiger partial charge in [0.15, 0.2) is 0 Å². The molecule has 1 fully saturated rings. The van der Waals surface area contributed by atoms with Crippen LogP contribution in [0.5, 0.6) is 0 Å². The van der Waals surface area contributed by atoms with E-state index in [4.69, 9.17) is 4.74 Å². The fourth-order valence-electron chi connectivity index (χ4n) is 3.12. The van der Waals surface area contributed by atoms with Gasteiger partial charge in [-0.25, -0.2) is 9.18 Å². The number of piperidine rings is 1. The van der Waals surface area contributed by atoms with E-state index in [1.807, 2.05) is 6.92 Å². The van der Waals surface area contributed by atoms with Crippen molar-refractivity contribution < 1.29 is 19.0 Å². The third kappa shape index (κ3) is 4.68. The third-order valence-corrected chi connectivity index (χ3v) is 4.88. The molecule has 1 aromatic rings. The predicted octanol–water partition coefficient (Wildman–Crippen LogP) is 2.19. The molecular weight excluding hydrogens is 311 g/mol. The summed E-state index contributed by atoms with van der Waals surface area (Å²) in [7, 11) is 1.62. The molecule has 0 aliphatic carbocycles. The number of carbonyl (C=O) groups is 1. The standard InChI is InChI=1S/C18H27FN2O3/c1-14-13-21(11-8-18(14,23)9-12-24-2)17(22)20-10-7-15-5-3-4-6-16(15)19/h3-6,14,23H,7-13H2,1-2H3,(H,20,22)/t14-,18-/m1/s1. The van der Waals surface area contributed by atoms with Gasteiger partial charge in [0.05, 0.1) is 5.60 Å². The molecular formula is C18H27FN2O3. The number of likely N-dealkylation sites (tertiary alicyclic amines) is 1. The van der Waals surface area contributed by atoms with Crippen molar-refractivity contribution in [1.29, 1.82) is 0 Å². The van der Waals surface area contributed by atoms with Crippen LogP contribution in [0.3, 0.4) is 0 Å². The van der Waals surface area contributed by atoms with Crippen LogP contribution >= 0.6 is 0 Å². The number of aliphatic hydroxyl groups is 1. The lowest BCUT2D eigenvalue weighted by Crippen LogP contribution is -2.55. The number of ether oxygens (including phenoxy) is 1. The summed E-state index contributed by atoms with van der Waals surface area (Å²) in [6, 6.07) is 6.42. The van der Waals surface area contributed by atoms with E-state index >= 15 is 0 Å². The van der Waals surface area contributed by atoms with Gasteiger partial charge in [0.1, 0.15) is 5.82 Å². The number of urea groups is 1. The van der Waals surface area contributed by atoms with Crippen LogP contribution in [0.4, 0.5) is 9.18 Å². The molecule has 1 heterocycles. The molecule has 1 aliphatic rings. The molecule has 1 aliphatic heterocycles. The first-order valence-electron chi connectivity index (χ1n) is 8.44. The summed E-state index contributed by atoms with van der Waals surface area (Å²) in [5.41, 5.74) is -0.182. The van der Waals surface area contributed by atoms with Crippen molar-refractivity contribution in [2.75, 3.05) is 33.4 Å². The van der Waals surface area contributed by atoms with Crippen molar-refractivity contribution in [3.63, 3.8) is 0 Å². The summed E-state index contributed by atoms with van der Waals surface area (Å²) >= 11 is 0. The Kier molecular flexibility index (Phi) is 6.57. The van der Waals surface area contributed by atoms with E-state index in [2.05, 4.69) is 5.32 Å². The van der Waals surface area contributed by atoms with Gasteiger partial charge in [-0.2, -0.15) is 0 Å². The first kappa shape index (κ1) is 18.7. The first-order valence-corrected chi connectivity index (χ1v) is 8.44. The zero-order valence-electron chi connectivity index (χ0n) is 14.4. The Labute approximate surface area is 142 Å². The van der Waals surface area contributed by atoms with Gasteiger partial charge in [0, 0.05) is 39.3 Å². The molecule has 2 atom stereocenters. The van der Waals surface area contributed by atoms with Gasteiger partial charge in [-0.3, -0.25) is 0 Å². The van der Waals surface area contributed by atoms with Crippen LogP contribution in [-0.2, 0) is 11.2 Å². The van der Waals surface area contributed by atoms with Gasteiger partial charge in [-0.1, -0.05) is 25.1 Å². The van der Waals surface area contributed by atoms with E-state index in [0.29, 0.717) is 51.1 Å². The number of methoxy groups -OCH3 is 1. The lowest BCUT2D eigenvalue weighted by Gasteiger charge is -2.43. The molecule has 2 N–H and O–H groups in total. The average molecular weight is 338 g/mol. The maximum Gasteiger partial charge on any atom is 0.317 e. The van der Waals surface area contributed by atoms with Gasteiger partial charge in [0.25, 0.3) is 0 Å². The Hall–Kier alpha value is -1.66. The topological polar surface area (TPSA) is 61.8 Å². The number of nitrogens with one attached hydrogen (secondary N) is 1. The lowest BCUT2D eigenvalue weighted by molar-refractivity contribution is -0.0732. The van der Waals surface area contributed by atoms with Crippen molar-refractivity contribution in [1.82, 2.24) is 10.2 Å². The monoisotopic (exact) mass is 338 g/mol. The van der Waals surface area contributed by atoms with Crippen molar-refractivity contribution in [2.45, 2.75) is 31.8 Å². The van der Waals surface area contributed by atoms with Gasteiger partial charge in [0.2, 0.25) is 0 Å². The Balaban J connectivity index is 1.79. The summed E-state index contributed by atoms with van der Waals surface area (Å²) in [6.45, 7) is 3.87. The van der Waals surface area contributed by atoms with E-state index in [0.717, 1.165) is 0 Å². The number of halogens is 1. The van der Waals surface area contributed by atoms with Crippen LogP contribution in [0.25, 0.3) is 0 Å².